The lowest BCUT2D eigenvalue weighted by Gasteiger charge is -2.04. The molecule has 1 amide bonds. The van der Waals surface area contributed by atoms with Crippen LogP contribution in [0, 0.1) is 0 Å². The van der Waals surface area contributed by atoms with Crippen LogP contribution in [0.4, 0.5) is 0 Å². The Morgan fingerprint density at radius 2 is 2.05 bits per heavy atom. The summed E-state index contributed by atoms with van der Waals surface area (Å²) in [5.74, 6) is -0.320. The van der Waals surface area contributed by atoms with Crippen molar-refractivity contribution in [2.45, 2.75) is 6.42 Å². The quantitative estimate of drug-likeness (QED) is 0.806. The minimum absolute atomic E-state index is 0.0462. The molecule has 106 valence electrons. The molecule has 0 bridgehead atoms. The van der Waals surface area contributed by atoms with Gasteiger partial charge in [0, 0.05) is 11.4 Å². The Labute approximate surface area is 125 Å². The van der Waals surface area contributed by atoms with Gasteiger partial charge in [-0.15, -0.1) is 11.3 Å². The fourth-order valence-corrected chi connectivity index (χ4v) is 2.80. The molecule has 5 heteroatoms. The zero-order chi connectivity index (χ0) is 14.7. The van der Waals surface area contributed by atoms with Crippen molar-refractivity contribution in [3.05, 3.63) is 68.9 Å². The molecule has 0 spiro atoms. The van der Waals surface area contributed by atoms with Crippen molar-refractivity contribution in [1.29, 1.82) is 0 Å². The molecule has 0 fully saturated rings. The Hall–Kier alpha value is -2.40. The lowest BCUT2D eigenvalue weighted by atomic mass is 10.1. The number of nitrogens with one attached hydrogen (secondary N) is 1. The zero-order valence-electron chi connectivity index (χ0n) is 11.2. The molecular weight excluding hydrogens is 286 g/mol. The number of carbonyl (C=O) groups excluding carboxylic acids is 1. The third kappa shape index (κ3) is 3.03. The molecule has 1 aromatic carbocycles. The van der Waals surface area contributed by atoms with Gasteiger partial charge in [-0.05, 0) is 35.4 Å². The number of amides is 1. The number of fused-ring (bicyclic) bond motifs is 1. The molecule has 0 unspecified atom stereocenters. The van der Waals surface area contributed by atoms with Gasteiger partial charge in [-0.25, -0.2) is 4.79 Å². The number of rotatable bonds is 4. The summed E-state index contributed by atoms with van der Waals surface area (Å²) in [5.41, 5.74) is -0.489. The maximum Gasteiger partial charge on any atom is 0.344 e. The highest BCUT2D eigenvalue weighted by molar-refractivity contribution is 7.09. The van der Waals surface area contributed by atoms with E-state index in [0.29, 0.717) is 17.3 Å². The van der Waals surface area contributed by atoms with E-state index < -0.39 is 5.63 Å². The van der Waals surface area contributed by atoms with Gasteiger partial charge in [0.1, 0.15) is 0 Å². The fourth-order valence-electron chi connectivity index (χ4n) is 2.09. The number of benzene rings is 1. The molecule has 0 saturated carbocycles. The van der Waals surface area contributed by atoms with E-state index in [2.05, 4.69) is 5.32 Å². The molecule has 0 aliphatic heterocycles. The van der Waals surface area contributed by atoms with Gasteiger partial charge in [0.15, 0.2) is 5.76 Å². The summed E-state index contributed by atoms with van der Waals surface area (Å²) in [6.07, 6.45) is 0.765. The molecule has 0 atom stereocenters. The van der Waals surface area contributed by atoms with Gasteiger partial charge in [-0.2, -0.15) is 0 Å². The van der Waals surface area contributed by atoms with Crippen molar-refractivity contribution < 1.29 is 9.21 Å². The number of carbonyl (C=O) groups is 1. The summed E-state index contributed by atoms with van der Waals surface area (Å²) < 4.78 is 5.08. The van der Waals surface area contributed by atoms with Crippen molar-refractivity contribution in [1.82, 2.24) is 5.32 Å². The number of hydrogen-bond donors (Lipinski definition) is 1. The Morgan fingerprint density at radius 3 is 2.86 bits per heavy atom. The molecule has 0 radical (unpaired) electrons. The average molecular weight is 299 g/mol. The SMILES string of the molecule is O=C(NCCc1cccs1)c1cc2ccccc2c(=O)o1. The second kappa shape index (κ2) is 5.93. The maximum atomic E-state index is 12.0. The van der Waals surface area contributed by atoms with Crippen LogP contribution in [0.15, 0.2) is 57.1 Å². The molecule has 2 heterocycles. The van der Waals surface area contributed by atoms with E-state index in [4.69, 9.17) is 4.42 Å². The minimum atomic E-state index is -0.489. The van der Waals surface area contributed by atoms with E-state index in [9.17, 15) is 9.59 Å². The minimum Gasteiger partial charge on any atom is -0.417 e. The van der Waals surface area contributed by atoms with Crippen LogP contribution >= 0.6 is 11.3 Å². The average Bonchev–Trinajstić information content (AvgIpc) is 3.00. The third-order valence-electron chi connectivity index (χ3n) is 3.13. The zero-order valence-corrected chi connectivity index (χ0v) is 12.0. The lowest BCUT2D eigenvalue weighted by Crippen LogP contribution is -2.26. The Kier molecular flexibility index (Phi) is 3.83. The normalized spacial score (nSPS) is 10.7. The second-order valence-electron chi connectivity index (χ2n) is 4.57. The summed E-state index contributed by atoms with van der Waals surface area (Å²) in [5, 5.41) is 5.95. The van der Waals surface area contributed by atoms with Crippen molar-refractivity contribution in [3.63, 3.8) is 0 Å². The highest BCUT2D eigenvalue weighted by Crippen LogP contribution is 2.12. The van der Waals surface area contributed by atoms with Gasteiger partial charge in [0.05, 0.1) is 5.39 Å². The van der Waals surface area contributed by atoms with E-state index in [0.717, 1.165) is 6.42 Å². The summed E-state index contributed by atoms with van der Waals surface area (Å²) >= 11 is 1.65. The first-order valence-electron chi connectivity index (χ1n) is 6.57. The smallest absolute Gasteiger partial charge is 0.344 e. The first-order valence-corrected chi connectivity index (χ1v) is 7.45. The number of thiophene rings is 1. The Bertz CT molecular complexity index is 821. The van der Waals surface area contributed by atoms with Gasteiger partial charge in [-0.3, -0.25) is 4.79 Å². The predicted octanol–water partition coefficient (Wildman–Crippen LogP) is 2.83. The van der Waals surface area contributed by atoms with Gasteiger partial charge in [0.2, 0.25) is 0 Å². The standard InChI is InChI=1S/C16H13NO3S/c18-15(17-8-7-12-5-3-9-21-12)14-10-11-4-1-2-6-13(11)16(19)20-14/h1-6,9-10H,7-8H2,(H,17,18). The van der Waals surface area contributed by atoms with Gasteiger partial charge < -0.3 is 9.73 Å². The second-order valence-corrected chi connectivity index (χ2v) is 5.60. The lowest BCUT2D eigenvalue weighted by molar-refractivity contribution is 0.0922. The molecule has 1 N–H and O–H groups in total. The van der Waals surface area contributed by atoms with Gasteiger partial charge in [-0.1, -0.05) is 24.3 Å². The topological polar surface area (TPSA) is 59.3 Å². The van der Waals surface area contributed by atoms with Crippen LogP contribution in [-0.4, -0.2) is 12.5 Å². The fraction of sp³-hybridized carbons (Fsp3) is 0.125. The van der Waals surface area contributed by atoms with Gasteiger partial charge >= 0.3 is 5.63 Å². The first kappa shape index (κ1) is 13.6. The predicted molar refractivity (Wildman–Crippen MR) is 82.8 cm³/mol. The van der Waals surface area contributed by atoms with Crippen molar-refractivity contribution in [3.8, 4) is 0 Å². The third-order valence-corrected chi connectivity index (χ3v) is 4.07. The maximum absolute atomic E-state index is 12.0. The summed E-state index contributed by atoms with van der Waals surface area (Å²) in [6, 6.07) is 12.6. The molecule has 3 aromatic rings. The molecule has 0 saturated heterocycles. The van der Waals surface area contributed by atoms with Crippen LogP contribution in [0.2, 0.25) is 0 Å². The monoisotopic (exact) mass is 299 g/mol. The van der Waals surface area contributed by atoms with E-state index in [1.165, 1.54) is 4.88 Å². The van der Waals surface area contributed by atoms with Crippen molar-refractivity contribution >= 4 is 28.0 Å². The molecule has 4 nitrogen and oxygen atoms in total. The largest absolute Gasteiger partial charge is 0.417 e. The van der Waals surface area contributed by atoms with E-state index in [-0.39, 0.29) is 11.7 Å². The molecule has 0 aliphatic rings. The summed E-state index contributed by atoms with van der Waals surface area (Å²) in [7, 11) is 0. The highest BCUT2D eigenvalue weighted by atomic mass is 32.1. The van der Waals surface area contributed by atoms with Crippen molar-refractivity contribution in [2.75, 3.05) is 6.54 Å². The van der Waals surface area contributed by atoms with Gasteiger partial charge in [0.25, 0.3) is 5.91 Å². The Balaban J connectivity index is 1.74. The van der Waals surface area contributed by atoms with Crippen LogP contribution in [0.3, 0.4) is 0 Å². The summed E-state index contributed by atoms with van der Waals surface area (Å²) in [4.78, 5) is 25.1. The van der Waals surface area contributed by atoms with E-state index in [1.54, 1.807) is 35.6 Å². The van der Waals surface area contributed by atoms with E-state index in [1.807, 2.05) is 23.6 Å². The van der Waals surface area contributed by atoms with Crippen LogP contribution in [0.5, 0.6) is 0 Å². The van der Waals surface area contributed by atoms with Crippen LogP contribution in [0.25, 0.3) is 10.8 Å². The highest BCUT2D eigenvalue weighted by Gasteiger charge is 2.11. The molecule has 2 aromatic heterocycles. The van der Waals surface area contributed by atoms with E-state index >= 15 is 0 Å². The van der Waals surface area contributed by atoms with Crippen LogP contribution in [-0.2, 0) is 6.42 Å². The van der Waals surface area contributed by atoms with Crippen molar-refractivity contribution in [2.24, 2.45) is 0 Å². The molecule has 21 heavy (non-hydrogen) atoms. The van der Waals surface area contributed by atoms with Crippen LogP contribution < -0.4 is 10.9 Å². The summed E-state index contributed by atoms with van der Waals surface area (Å²) in [6.45, 7) is 0.510. The Morgan fingerprint density at radius 1 is 1.19 bits per heavy atom. The molecule has 0 aliphatic carbocycles. The van der Waals surface area contributed by atoms with Crippen LogP contribution in [0.1, 0.15) is 15.4 Å². The molecule has 3 rings (SSSR count). The first-order chi connectivity index (χ1) is 10.2. The molecular formula is C16H13NO3S. The number of hydrogen-bond acceptors (Lipinski definition) is 4.